The molecule has 1 amide bonds. The number of aromatic amines is 1. The van der Waals surface area contributed by atoms with Crippen molar-refractivity contribution in [2.24, 2.45) is 0 Å². The minimum absolute atomic E-state index is 0.0141. The molecule has 1 aromatic carbocycles. The van der Waals surface area contributed by atoms with Crippen LogP contribution < -0.4 is 15.6 Å². The number of nitrogens with one attached hydrogen (secondary N) is 2. The molecule has 8 heteroatoms. The maximum Gasteiger partial charge on any atom is 0.257 e. The molecule has 0 saturated heterocycles. The van der Waals surface area contributed by atoms with E-state index in [4.69, 9.17) is 11.2 Å². The number of phenols is 1. The Bertz CT molecular complexity index is 932. The molecule has 0 fully saturated rings. The van der Waals surface area contributed by atoms with Gasteiger partial charge in [0.1, 0.15) is 5.82 Å². The average Bonchev–Trinajstić information content (AvgIpc) is 2.59. The summed E-state index contributed by atoms with van der Waals surface area (Å²) in [6, 6.07) is 4.74. The molecule has 1 atom stereocenters. The number of ether oxygens (including phenoxy) is 1. The number of aromatic hydroxyl groups is 1. The third-order valence-corrected chi connectivity index (χ3v) is 4.61. The zero-order valence-electron chi connectivity index (χ0n) is 13.3. The minimum Gasteiger partial charge on any atom is -0.504 e. The summed E-state index contributed by atoms with van der Waals surface area (Å²) in [7, 11) is 1.43. The molecular formula is C17H15N3O4S. The lowest BCUT2D eigenvalue weighted by atomic mass is 9.86. The number of methoxy groups -OCH3 is 1. The first-order valence-electron chi connectivity index (χ1n) is 7.40. The number of amides is 1. The maximum atomic E-state index is 12.6. The SMILES string of the molecule is C#CCSc1nc2c(c(=O)[nH]1)C(c1ccc(O)c(OC)c1)CC(=O)N2. The predicted octanol–water partition coefficient (Wildman–Crippen LogP) is 1.68. The lowest BCUT2D eigenvalue weighted by Gasteiger charge is -2.24. The van der Waals surface area contributed by atoms with Crippen molar-refractivity contribution in [3.63, 3.8) is 0 Å². The Hall–Kier alpha value is -2.92. The lowest BCUT2D eigenvalue weighted by molar-refractivity contribution is -0.116. The maximum absolute atomic E-state index is 12.6. The summed E-state index contributed by atoms with van der Waals surface area (Å²) >= 11 is 1.21. The molecule has 0 aliphatic carbocycles. The van der Waals surface area contributed by atoms with Crippen LogP contribution in [0.1, 0.15) is 23.5 Å². The Balaban J connectivity index is 2.09. The van der Waals surface area contributed by atoms with Crippen LogP contribution in [-0.2, 0) is 4.79 Å². The number of thioether (sulfide) groups is 1. The number of nitrogens with zero attached hydrogens (tertiary/aromatic N) is 1. The zero-order chi connectivity index (χ0) is 18.0. The highest BCUT2D eigenvalue weighted by atomic mass is 32.2. The van der Waals surface area contributed by atoms with Crippen molar-refractivity contribution >= 4 is 23.5 Å². The van der Waals surface area contributed by atoms with Gasteiger partial charge in [-0.15, -0.1) is 6.42 Å². The highest BCUT2D eigenvalue weighted by molar-refractivity contribution is 7.99. The number of fused-ring (bicyclic) bond motifs is 1. The van der Waals surface area contributed by atoms with Gasteiger partial charge >= 0.3 is 0 Å². The van der Waals surface area contributed by atoms with Gasteiger partial charge in [-0.3, -0.25) is 9.59 Å². The van der Waals surface area contributed by atoms with Crippen molar-refractivity contribution < 1.29 is 14.6 Å². The molecule has 1 unspecified atom stereocenters. The number of hydrogen-bond donors (Lipinski definition) is 3. The largest absolute Gasteiger partial charge is 0.504 e. The van der Waals surface area contributed by atoms with Crippen LogP contribution in [0.5, 0.6) is 11.5 Å². The van der Waals surface area contributed by atoms with Crippen LogP contribution in [0.15, 0.2) is 28.2 Å². The lowest BCUT2D eigenvalue weighted by Crippen LogP contribution is -2.31. The predicted molar refractivity (Wildman–Crippen MR) is 94.2 cm³/mol. The molecule has 25 heavy (non-hydrogen) atoms. The van der Waals surface area contributed by atoms with Crippen LogP contribution in [0, 0.1) is 12.3 Å². The Morgan fingerprint density at radius 2 is 2.28 bits per heavy atom. The third kappa shape index (κ3) is 3.32. The molecule has 0 saturated carbocycles. The summed E-state index contributed by atoms with van der Waals surface area (Å²) in [4.78, 5) is 31.6. The molecule has 2 aromatic rings. The minimum atomic E-state index is -0.485. The van der Waals surface area contributed by atoms with E-state index in [0.717, 1.165) is 0 Å². The van der Waals surface area contributed by atoms with Gasteiger partial charge < -0.3 is 20.1 Å². The quantitative estimate of drug-likeness (QED) is 0.437. The molecule has 0 bridgehead atoms. The van der Waals surface area contributed by atoms with E-state index in [1.165, 1.54) is 24.9 Å². The standard InChI is InChI=1S/C17H15N3O4S/c1-3-6-25-17-19-15-14(16(23)20-17)10(8-13(22)18-15)9-4-5-11(21)12(7-9)24-2/h1,4-5,7,10,21H,6,8H2,2H3,(H2,18,19,20,22,23). The molecular weight excluding hydrogens is 342 g/mol. The number of aromatic nitrogens is 2. The van der Waals surface area contributed by atoms with Crippen molar-refractivity contribution in [1.29, 1.82) is 0 Å². The van der Waals surface area contributed by atoms with Crippen molar-refractivity contribution in [2.75, 3.05) is 18.2 Å². The van der Waals surface area contributed by atoms with Gasteiger partial charge in [0.15, 0.2) is 16.7 Å². The number of H-pyrrole nitrogens is 1. The van der Waals surface area contributed by atoms with E-state index in [9.17, 15) is 14.7 Å². The molecule has 2 heterocycles. The van der Waals surface area contributed by atoms with E-state index >= 15 is 0 Å². The van der Waals surface area contributed by atoms with Crippen LogP contribution in [0.2, 0.25) is 0 Å². The molecule has 1 aromatic heterocycles. The number of hydrogen-bond acceptors (Lipinski definition) is 6. The van der Waals surface area contributed by atoms with E-state index in [-0.39, 0.29) is 35.2 Å². The Morgan fingerprint density at radius 3 is 3.00 bits per heavy atom. The Kier molecular flexibility index (Phi) is 4.67. The van der Waals surface area contributed by atoms with Gasteiger partial charge in [-0.25, -0.2) is 4.98 Å². The normalized spacial score (nSPS) is 15.8. The number of anilines is 1. The first-order chi connectivity index (χ1) is 12.0. The molecule has 128 valence electrons. The second-order valence-electron chi connectivity index (χ2n) is 5.36. The van der Waals surface area contributed by atoms with Gasteiger partial charge in [-0.1, -0.05) is 23.7 Å². The number of carbonyl (C=O) groups is 1. The van der Waals surface area contributed by atoms with E-state index < -0.39 is 5.92 Å². The summed E-state index contributed by atoms with van der Waals surface area (Å²) in [6.45, 7) is 0. The van der Waals surface area contributed by atoms with Crippen molar-refractivity contribution in [1.82, 2.24) is 9.97 Å². The number of carbonyl (C=O) groups excluding carboxylic acids is 1. The summed E-state index contributed by atoms with van der Waals surface area (Å²) in [5.74, 6) is 2.58. The topological polar surface area (TPSA) is 104 Å². The summed E-state index contributed by atoms with van der Waals surface area (Å²) < 4.78 is 5.11. The van der Waals surface area contributed by atoms with Crippen molar-refractivity contribution in [3.05, 3.63) is 39.7 Å². The number of phenolic OH excluding ortho intramolecular Hbond substituents is 1. The van der Waals surface area contributed by atoms with Gasteiger partial charge in [0, 0.05) is 12.3 Å². The number of rotatable bonds is 4. The summed E-state index contributed by atoms with van der Waals surface area (Å²) in [6.07, 6.45) is 5.32. The summed E-state index contributed by atoms with van der Waals surface area (Å²) in [5, 5.41) is 12.7. The fraction of sp³-hybridized carbons (Fsp3) is 0.235. The fourth-order valence-electron chi connectivity index (χ4n) is 2.72. The average molecular weight is 357 g/mol. The van der Waals surface area contributed by atoms with Gasteiger partial charge in [0.25, 0.3) is 5.56 Å². The molecule has 0 spiro atoms. The van der Waals surface area contributed by atoms with E-state index in [0.29, 0.717) is 22.0 Å². The van der Waals surface area contributed by atoms with Crippen molar-refractivity contribution in [2.45, 2.75) is 17.5 Å². The fourth-order valence-corrected chi connectivity index (χ4v) is 3.27. The van der Waals surface area contributed by atoms with Crippen LogP contribution in [0.4, 0.5) is 5.82 Å². The van der Waals surface area contributed by atoms with Gasteiger partial charge in [-0.2, -0.15) is 0 Å². The first-order valence-corrected chi connectivity index (χ1v) is 8.39. The van der Waals surface area contributed by atoms with Crippen LogP contribution in [0.25, 0.3) is 0 Å². The number of benzene rings is 1. The Labute approximate surface area is 147 Å². The molecule has 3 rings (SSSR count). The first kappa shape index (κ1) is 16.9. The second kappa shape index (κ2) is 6.91. The Morgan fingerprint density at radius 1 is 1.48 bits per heavy atom. The molecule has 1 aliphatic heterocycles. The highest BCUT2D eigenvalue weighted by Gasteiger charge is 2.31. The molecule has 3 N–H and O–H groups in total. The summed E-state index contributed by atoms with van der Waals surface area (Å²) in [5.41, 5.74) is 0.723. The van der Waals surface area contributed by atoms with Crippen molar-refractivity contribution in [3.8, 4) is 23.8 Å². The van der Waals surface area contributed by atoms with E-state index in [2.05, 4.69) is 21.2 Å². The van der Waals surface area contributed by atoms with E-state index in [1.54, 1.807) is 12.1 Å². The molecule has 0 radical (unpaired) electrons. The highest BCUT2D eigenvalue weighted by Crippen LogP contribution is 2.37. The molecule has 7 nitrogen and oxygen atoms in total. The van der Waals surface area contributed by atoms with Gasteiger partial charge in [0.05, 0.1) is 18.4 Å². The van der Waals surface area contributed by atoms with Gasteiger partial charge in [-0.05, 0) is 17.7 Å². The zero-order valence-corrected chi connectivity index (χ0v) is 14.1. The smallest absolute Gasteiger partial charge is 0.257 e. The second-order valence-corrected chi connectivity index (χ2v) is 6.33. The molecule has 1 aliphatic rings. The van der Waals surface area contributed by atoms with Crippen LogP contribution >= 0.6 is 11.8 Å². The number of terminal acetylenes is 1. The van der Waals surface area contributed by atoms with Gasteiger partial charge in [0.2, 0.25) is 5.91 Å². The third-order valence-electron chi connectivity index (χ3n) is 3.83. The van der Waals surface area contributed by atoms with E-state index in [1.807, 2.05) is 0 Å². The monoisotopic (exact) mass is 357 g/mol. The van der Waals surface area contributed by atoms with Crippen LogP contribution in [0.3, 0.4) is 0 Å². The van der Waals surface area contributed by atoms with Crippen LogP contribution in [-0.4, -0.2) is 33.8 Å².